The monoisotopic (exact) mass is 765 g/mol. The zero-order valence-electron chi connectivity index (χ0n) is 33.4. The molecule has 0 bridgehead atoms. The Kier molecular flexibility index (Phi) is 12.3. The number of nitrogens with zero attached hydrogens (tertiary/aromatic N) is 3. The molecule has 3 aromatic rings. The second-order valence-corrected chi connectivity index (χ2v) is 17.5. The summed E-state index contributed by atoms with van der Waals surface area (Å²) in [6, 6.07) is 14.6. The van der Waals surface area contributed by atoms with E-state index in [0.29, 0.717) is 0 Å². The van der Waals surface area contributed by atoms with Gasteiger partial charge in [-0.25, -0.2) is 9.78 Å². The molecule has 3 amide bonds. The fraction of sp³-hybridized carbons (Fsp3) is 0.523. The average molecular weight is 766 g/mol. The number of fused-ring (bicyclic) bond motifs is 3. The molecule has 12 nitrogen and oxygen atoms in total. The number of benzene rings is 2. The fourth-order valence-electron chi connectivity index (χ4n) is 8.36. The number of carbonyl (C=O) groups is 5. The van der Waals surface area contributed by atoms with Crippen LogP contribution in [0.25, 0.3) is 11.1 Å². The number of likely N-dealkylation sites (tertiary alicyclic amines) is 1. The first-order chi connectivity index (χ1) is 26.6. The molecule has 1 aromatic heterocycles. The lowest BCUT2D eigenvalue weighted by molar-refractivity contribution is -0.160. The van der Waals surface area contributed by atoms with Gasteiger partial charge in [0, 0.05) is 43.7 Å². The molecule has 0 unspecified atom stereocenters. The van der Waals surface area contributed by atoms with E-state index >= 15 is 0 Å². The van der Waals surface area contributed by atoms with Gasteiger partial charge in [0.05, 0.1) is 24.2 Å². The van der Waals surface area contributed by atoms with Crippen molar-refractivity contribution in [1.29, 1.82) is 0 Å². The Bertz CT molecular complexity index is 1870. The third-order valence-electron chi connectivity index (χ3n) is 11.3. The summed E-state index contributed by atoms with van der Waals surface area (Å²) >= 11 is 0. The molecule has 2 heterocycles. The normalized spacial score (nSPS) is 19.6. The van der Waals surface area contributed by atoms with E-state index in [1.54, 1.807) is 20.8 Å². The molecule has 12 heteroatoms. The average Bonchev–Trinajstić information content (AvgIpc) is 3.73. The Morgan fingerprint density at radius 1 is 0.857 bits per heavy atom. The highest BCUT2D eigenvalue weighted by atomic mass is 16.6. The molecule has 2 N–H and O–H groups in total. The van der Waals surface area contributed by atoms with Crippen molar-refractivity contribution in [2.75, 3.05) is 19.7 Å². The number of aromatic nitrogens is 2. The number of nitrogens with one attached hydrogen (secondary N) is 2. The van der Waals surface area contributed by atoms with Crippen molar-refractivity contribution in [3.8, 4) is 11.1 Å². The van der Waals surface area contributed by atoms with Crippen LogP contribution in [0.15, 0.2) is 67.1 Å². The second kappa shape index (κ2) is 16.9. The summed E-state index contributed by atoms with van der Waals surface area (Å²) in [6.45, 7) is 11.1. The summed E-state index contributed by atoms with van der Waals surface area (Å²) in [5.74, 6) is -3.56. The molecule has 0 spiro atoms. The molecule has 2 aromatic carbocycles. The van der Waals surface area contributed by atoms with E-state index in [4.69, 9.17) is 9.47 Å². The van der Waals surface area contributed by atoms with Gasteiger partial charge in [-0.15, -0.1) is 0 Å². The van der Waals surface area contributed by atoms with Gasteiger partial charge in [-0.05, 0) is 67.2 Å². The molecule has 0 radical (unpaired) electrons. The molecular formula is C44H55N5O7. The van der Waals surface area contributed by atoms with Crippen LogP contribution in [0.3, 0.4) is 0 Å². The number of ketones is 1. The molecule has 1 saturated heterocycles. The maximum atomic E-state index is 14.3. The zero-order chi connectivity index (χ0) is 40.2. The SMILES string of the molecule is CC(C)(C)OC(=O)[C@@H]1CN(C(=O)OCC2c3ccccc3-c3ccccc32)C[C@@H]1NC(=O)[C@@H](CC(=O)[C@@H](NC(=O)c1cnccn1)C1CCCCC1)C(C)(C)C. The van der Waals surface area contributed by atoms with Crippen LogP contribution in [0.1, 0.15) is 108 Å². The molecule has 3 aliphatic rings. The van der Waals surface area contributed by atoms with Crippen LogP contribution in [0.2, 0.25) is 0 Å². The van der Waals surface area contributed by atoms with Crippen molar-refractivity contribution in [1.82, 2.24) is 25.5 Å². The van der Waals surface area contributed by atoms with E-state index in [-0.39, 0.29) is 49.4 Å². The molecule has 56 heavy (non-hydrogen) atoms. The third kappa shape index (κ3) is 9.45. The van der Waals surface area contributed by atoms with E-state index in [1.165, 1.54) is 23.5 Å². The van der Waals surface area contributed by atoms with Crippen LogP contribution in [-0.2, 0) is 23.9 Å². The van der Waals surface area contributed by atoms with E-state index in [9.17, 15) is 24.0 Å². The summed E-state index contributed by atoms with van der Waals surface area (Å²) in [4.78, 5) is 78.7. The van der Waals surface area contributed by atoms with E-state index in [0.717, 1.165) is 54.4 Å². The number of hydrogen-bond donors (Lipinski definition) is 2. The van der Waals surface area contributed by atoms with Gasteiger partial charge in [-0.2, -0.15) is 0 Å². The van der Waals surface area contributed by atoms with Crippen LogP contribution in [-0.4, -0.2) is 81.9 Å². The molecule has 1 saturated carbocycles. The Morgan fingerprint density at radius 3 is 2.09 bits per heavy atom. The van der Waals surface area contributed by atoms with Crippen molar-refractivity contribution in [3.63, 3.8) is 0 Å². The van der Waals surface area contributed by atoms with Gasteiger partial charge >= 0.3 is 12.1 Å². The lowest BCUT2D eigenvalue weighted by atomic mass is 9.74. The lowest BCUT2D eigenvalue weighted by Gasteiger charge is -2.34. The minimum Gasteiger partial charge on any atom is -0.460 e. The number of esters is 1. The summed E-state index contributed by atoms with van der Waals surface area (Å²) in [7, 11) is 0. The number of carbonyl (C=O) groups excluding carboxylic acids is 5. The predicted octanol–water partition coefficient (Wildman–Crippen LogP) is 6.48. The summed E-state index contributed by atoms with van der Waals surface area (Å²) < 4.78 is 11.7. The molecule has 2 aliphatic carbocycles. The Hall–Kier alpha value is -5.13. The minimum atomic E-state index is -0.865. The zero-order valence-corrected chi connectivity index (χ0v) is 33.4. The van der Waals surface area contributed by atoms with E-state index in [1.807, 2.05) is 57.2 Å². The maximum Gasteiger partial charge on any atom is 0.409 e. The maximum absolute atomic E-state index is 14.3. The smallest absolute Gasteiger partial charge is 0.409 e. The highest BCUT2D eigenvalue weighted by molar-refractivity contribution is 5.97. The van der Waals surface area contributed by atoms with Crippen molar-refractivity contribution in [2.45, 2.75) is 104 Å². The number of amides is 3. The van der Waals surface area contributed by atoms with Gasteiger partial charge in [-0.3, -0.25) is 24.2 Å². The fourth-order valence-corrected chi connectivity index (χ4v) is 8.36. The van der Waals surface area contributed by atoms with Crippen molar-refractivity contribution in [2.24, 2.45) is 23.2 Å². The molecule has 2 fully saturated rings. The van der Waals surface area contributed by atoms with Crippen molar-refractivity contribution >= 4 is 29.7 Å². The summed E-state index contributed by atoms with van der Waals surface area (Å²) in [5.41, 5.74) is 3.04. The first kappa shape index (κ1) is 40.5. The number of rotatable bonds is 11. The van der Waals surface area contributed by atoms with Crippen LogP contribution < -0.4 is 10.6 Å². The highest BCUT2D eigenvalue weighted by Crippen LogP contribution is 2.44. The first-order valence-corrected chi connectivity index (χ1v) is 19.8. The van der Waals surface area contributed by atoms with Gasteiger partial charge in [0.2, 0.25) is 5.91 Å². The Morgan fingerprint density at radius 2 is 1.50 bits per heavy atom. The van der Waals surface area contributed by atoms with Crippen LogP contribution in [0.5, 0.6) is 0 Å². The number of Topliss-reactive ketones (excluding diaryl/α,β-unsaturated/α-hetero) is 1. The van der Waals surface area contributed by atoms with Gasteiger partial charge in [0.15, 0.2) is 5.78 Å². The number of ether oxygens (including phenoxy) is 2. The molecule has 4 atom stereocenters. The van der Waals surface area contributed by atoms with Crippen molar-refractivity contribution in [3.05, 3.63) is 83.9 Å². The first-order valence-electron chi connectivity index (χ1n) is 19.8. The third-order valence-corrected chi connectivity index (χ3v) is 11.3. The minimum absolute atomic E-state index is 0.00614. The summed E-state index contributed by atoms with van der Waals surface area (Å²) in [5, 5.41) is 5.99. The van der Waals surface area contributed by atoms with Crippen LogP contribution in [0.4, 0.5) is 4.79 Å². The van der Waals surface area contributed by atoms with Gasteiger partial charge in [-0.1, -0.05) is 88.6 Å². The standard InChI is InChI=1S/C44H55N5O7/c1-43(2,3)34(22-37(50)38(27-14-8-7-9-15-27)48-40(52)35-23-45-20-21-46-35)39(51)47-36-25-49(24-32(36)41(53)56-44(4,5)6)42(54)55-26-33-30-18-12-10-16-28(30)29-17-11-13-19-31(29)33/h10-13,16-21,23,27,32-34,36,38H,7-9,14-15,22,24-26H2,1-6H3,(H,47,51)(H,48,52)/t32-,34-,36+,38+/m1/s1. The highest BCUT2D eigenvalue weighted by Gasteiger charge is 2.46. The molecule has 1 aliphatic heterocycles. The van der Waals surface area contributed by atoms with Crippen LogP contribution in [0, 0.1) is 23.2 Å². The molecular weight excluding hydrogens is 711 g/mol. The quantitative estimate of drug-likeness (QED) is 0.209. The predicted molar refractivity (Wildman–Crippen MR) is 210 cm³/mol. The van der Waals surface area contributed by atoms with Gasteiger partial charge in [0.25, 0.3) is 5.91 Å². The summed E-state index contributed by atoms with van der Waals surface area (Å²) in [6.07, 6.45) is 8.08. The van der Waals surface area contributed by atoms with E-state index < -0.39 is 58.8 Å². The van der Waals surface area contributed by atoms with Crippen molar-refractivity contribution < 1.29 is 33.4 Å². The Labute approximate surface area is 329 Å². The largest absolute Gasteiger partial charge is 0.460 e. The van der Waals surface area contributed by atoms with Gasteiger partial charge < -0.3 is 25.0 Å². The second-order valence-electron chi connectivity index (χ2n) is 17.5. The molecule has 6 rings (SSSR count). The number of hydrogen-bond acceptors (Lipinski definition) is 9. The lowest BCUT2D eigenvalue weighted by Crippen LogP contribution is -2.51. The molecule has 298 valence electrons. The topological polar surface area (TPSA) is 157 Å². The van der Waals surface area contributed by atoms with Gasteiger partial charge in [0.1, 0.15) is 17.9 Å². The van der Waals surface area contributed by atoms with Crippen LogP contribution >= 0.6 is 0 Å². The Balaban J connectivity index is 1.17. The van der Waals surface area contributed by atoms with E-state index in [2.05, 4.69) is 32.7 Å².